The first-order valence-corrected chi connectivity index (χ1v) is 11.3. The minimum atomic E-state index is -0.567. The number of aromatic amines is 1. The topological polar surface area (TPSA) is 104 Å². The number of aromatic nitrogens is 3. The highest BCUT2D eigenvalue weighted by Crippen LogP contribution is 2.33. The molecule has 2 fully saturated rings. The van der Waals surface area contributed by atoms with Crippen molar-refractivity contribution >= 4 is 5.91 Å². The standard InChI is InChI=1S/C25H24FN5O3/c1-34-22-12-18(4-5-19(22)13-27)17-6-7-21(20(26)11-17)31-23(28-29-25(31)33)10-15-8-9-30(14-15)24(32)16-2-3-16/h4-7,11-12,15-16H,2-3,8-10,14H2,1H3,(H,29,33). The molecule has 1 saturated carbocycles. The minimum absolute atomic E-state index is 0.113. The number of hydrogen-bond acceptors (Lipinski definition) is 5. The van der Waals surface area contributed by atoms with Gasteiger partial charge in [0.1, 0.15) is 23.5 Å². The fourth-order valence-electron chi connectivity index (χ4n) is 4.59. The average Bonchev–Trinajstić information content (AvgIpc) is 3.50. The summed E-state index contributed by atoms with van der Waals surface area (Å²) in [7, 11) is 1.47. The Morgan fingerprint density at radius 3 is 2.71 bits per heavy atom. The second kappa shape index (κ2) is 8.78. The maximum atomic E-state index is 15.2. The van der Waals surface area contributed by atoms with Crippen LogP contribution in [0.5, 0.6) is 5.75 Å². The molecule has 1 N–H and O–H groups in total. The van der Waals surface area contributed by atoms with Crippen LogP contribution in [-0.4, -0.2) is 45.8 Å². The lowest BCUT2D eigenvalue weighted by atomic mass is 10.0. The van der Waals surface area contributed by atoms with Gasteiger partial charge in [-0.1, -0.05) is 12.1 Å². The quantitative estimate of drug-likeness (QED) is 0.608. The van der Waals surface area contributed by atoms with Crippen LogP contribution >= 0.6 is 0 Å². The van der Waals surface area contributed by atoms with E-state index in [0.717, 1.165) is 19.3 Å². The van der Waals surface area contributed by atoms with E-state index in [-0.39, 0.29) is 23.4 Å². The Balaban J connectivity index is 1.39. The van der Waals surface area contributed by atoms with Crippen LogP contribution in [0.2, 0.25) is 0 Å². The van der Waals surface area contributed by atoms with E-state index in [1.165, 1.54) is 17.7 Å². The summed E-state index contributed by atoms with van der Waals surface area (Å²) in [5.74, 6) is 0.868. The monoisotopic (exact) mass is 461 g/mol. The molecule has 1 saturated heterocycles. The number of ether oxygens (including phenoxy) is 1. The van der Waals surface area contributed by atoms with Gasteiger partial charge < -0.3 is 9.64 Å². The zero-order chi connectivity index (χ0) is 23.8. The molecule has 9 heteroatoms. The maximum Gasteiger partial charge on any atom is 0.348 e. The molecule has 34 heavy (non-hydrogen) atoms. The largest absolute Gasteiger partial charge is 0.495 e. The van der Waals surface area contributed by atoms with Gasteiger partial charge in [0.2, 0.25) is 5.91 Å². The zero-order valence-electron chi connectivity index (χ0n) is 18.8. The number of amides is 1. The van der Waals surface area contributed by atoms with Crippen LogP contribution in [0.1, 0.15) is 30.7 Å². The number of hydrogen-bond donors (Lipinski definition) is 1. The molecular weight excluding hydrogens is 437 g/mol. The molecule has 2 aliphatic rings. The van der Waals surface area contributed by atoms with Crippen LogP contribution < -0.4 is 10.4 Å². The number of nitrogens with one attached hydrogen (secondary N) is 1. The smallest absolute Gasteiger partial charge is 0.348 e. The lowest BCUT2D eigenvalue weighted by Crippen LogP contribution is -2.30. The number of H-pyrrole nitrogens is 1. The average molecular weight is 461 g/mol. The summed E-state index contributed by atoms with van der Waals surface area (Å²) in [5, 5.41) is 15.7. The van der Waals surface area contributed by atoms with Gasteiger partial charge in [-0.15, -0.1) is 0 Å². The number of carbonyl (C=O) groups excluding carboxylic acids is 1. The van der Waals surface area contributed by atoms with Crippen molar-refractivity contribution < 1.29 is 13.9 Å². The molecule has 1 aliphatic carbocycles. The third-order valence-corrected chi connectivity index (χ3v) is 6.58. The van der Waals surface area contributed by atoms with Crippen LogP contribution in [0.15, 0.2) is 41.2 Å². The van der Waals surface area contributed by atoms with Crippen LogP contribution in [0, 0.1) is 29.0 Å². The molecule has 8 nitrogen and oxygen atoms in total. The maximum absolute atomic E-state index is 15.2. The van der Waals surface area contributed by atoms with Gasteiger partial charge in [-0.25, -0.2) is 18.9 Å². The summed E-state index contributed by atoms with van der Waals surface area (Å²) in [6.07, 6.45) is 3.26. The van der Waals surface area contributed by atoms with Gasteiger partial charge in [-0.3, -0.25) is 4.79 Å². The van der Waals surface area contributed by atoms with E-state index in [4.69, 9.17) is 10.00 Å². The Labute approximate surface area is 195 Å². The first kappa shape index (κ1) is 21.9. The summed E-state index contributed by atoms with van der Waals surface area (Å²) >= 11 is 0. The van der Waals surface area contributed by atoms with Crippen LogP contribution in [0.3, 0.4) is 0 Å². The fourth-order valence-corrected chi connectivity index (χ4v) is 4.59. The van der Waals surface area contributed by atoms with Gasteiger partial charge in [-0.2, -0.15) is 10.4 Å². The minimum Gasteiger partial charge on any atom is -0.495 e. The van der Waals surface area contributed by atoms with Gasteiger partial charge >= 0.3 is 5.69 Å². The lowest BCUT2D eigenvalue weighted by molar-refractivity contribution is -0.131. The van der Waals surface area contributed by atoms with Crippen molar-refractivity contribution in [3.63, 3.8) is 0 Å². The molecule has 1 atom stereocenters. The molecular formula is C25H24FN5O3. The van der Waals surface area contributed by atoms with Gasteiger partial charge in [0, 0.05) is 25.4 Å². The number of likely N-dealkylation sites (tertiary alicyclic amines) is 1. The molecule has 0 spiro atoms. The summed E-state index contributed by atoms with van der Waals surface area (Å²) in [6, 6.07) is 11.7. The van der Waals surface area contributed by atoms with Gasteiger partial charge in [0.05, 0.1) is 18.4 Å². The van der Waals surface area contributed by atoms with Crippen molar-refractivity contribution in [2.45, 2.75) is 25.7 Å². The van der Waals surface area contributed by atoms with E-state index < -0.39 is 11.5 Å². The molecule has 0 radical (unpaired) electrons. The molecule has 1 unspecified atom stereocenters. The van der Waals surface area contributed by atoms with Gasteiger partial charge in [0.25, 0.3) is 0 Å². The molecule has 5 rings (SSSR count). The summed E-state index contributed by atoms with van der Waals surface area (Å²) in [5.41, 5.74) is 1.27. The van der Waals surface area contributed by atoms with Crippen molar-refractivity contribution in [3.05, 3.63) is 64.1 Å². The summed E-state index contributed by atoms with van der Waals surface area (Å²) < 4.78 is 21.7. The number of rotatable bonds is 6. The van der Waals surface area contributed by atoms with Crippen molar-refractivity contribution in [3.8, 4) is 28.6 Å². The number of benzene rings is 2. The van der Waals surface area contributed by atoms with Crippen molar-refractivity contribution in [1.29, 1.82) is 5.26 Å². The Morgan fingerprint density at radius 1 is 1.24 bits per heavy atom. The highest BCUT2D eigenvalue weighted by atomic mass is 19.1. The molecule has 2 heterocycles. The first-order valence-electron chi connectivity index (χ1n) is 11.3. The number of carbonyl (C=O) groups is 1. The highest BCUT2D eigenvalue weighted by Gasteiger charge is 2.37. The Morgan fingerprint density at radius 2 is 2.00 bits per heavy atom. The number of methoxy groups -OCH3 is 1. The second-order valence-corrected chi connectivity index (χ2v) is 8.89. The lowest BCUT2D eigenvalue weighted by Gasteiger charge is -2.16. The summed E-state index contributed by atoms with van der Waals surface area (Å²) in [6.45, 7) is 1.35. The predicted octanol–water partition coefficient (Wildman–Crippen LogP) is 3.05. The Kier molecular flexibility index (Phi) is 5.65. The normalized spacial score (nSPS) is 17.6. The van der Waals surface area contributed by atoms with Gasteiger partial charge in [-0.05, 0) is 60.6 Å². The van der Waals surface area contributed by atoms with Crippen LogP contribution in [-0.2, 0) is 11.2 Å². The number of halogens is 1. The third kappa shape index (κ3) is 4.07. The third-order valence-electron chi connectivity index (χ3n) is 6.58. The molecule has 174 valence electrons. The molecule has 1 aromatic heterocycles. The molecule has 1 amide bonds. The SMILES string of the molecule is COc1cc(-c2ccc(-n3c(CC4CCN(C(=O)C5CC5)C4)n[nH]c3=O)c(F)c2)ccc1C#N. The zero-order valence-corrected chi connectivity index (χ0v) is 18.8. The molecule has 1 aliphatic heterocycles. The fraction of sp³-hybridized carbons (Fsp3) is 0.360. The van der Waals surface area contributed by atoms with E-state index in [9.17, 15) is 9.59 Å². The van der Waals surface area contributed by atoms with E-state index in [2.05, 4.69) is 16.3 Å². The highest BCUT2D eigenvalue weighted by molar-refractivity contribution is 5.81. The molecule has 3 aromatic rings. The second-order valence-electron chi connectivity index (χ2n) is 8.89. The van der Waals surface area contributed by atoms with E-state index in [1.807, 2.05) is 4.90 Å². The Bertz CT molecular complexity index is 1350. The van der Waals surface area contributed by atoms with E-state index in [1.54, 1.807) is 30.3 Å². The number of nitrogens with zero attached hydrogens (tertiary/aromatic N) is 4. The van der Waals surface area contributed by atoms with E-state index in [0.29, 0.717) is 47.8 Å². The first-order chi connectivity index (χ1) is 16.5. The van der Waals surface area contributed by atoms with Crippen molar-refractivity contribution in [2.75, 3.05) is 20.2 Å². The van der Waals surface area contributed by atoms with Crippen molar-refractivity contribution in [2.24, 2.45) is 11.8 Å². The Hall–Kier alpha value is -3.93. The van der Waals surface area contributed by atoms with Crippen LogP contribution in [0.25, 0.3) is 16.8 Å². The summed E-state index contributed by atoms with van der Waals surface area (Å²) in [4.78, 5) is 26.8. The van der Waals surface area contributed by atoms with Crippen molar-refractivity contribution in [1.82, 2.24) is 19.7 Å². The predicted molar refractivity (Wildman–Crippen MR) is 122 cm³/mol. The molecule has 0 bridgehead atoms. The number of nitriles is 1. The van der Waals surface area contributed by atoms with Gasteiger partial charge in [0.15, 0.2) is 0 Å². The van der Waals surface area contributed by atoms with E-state index >= 15 is 4.39 Å². The molecule has 2 aromatic carbocycles. The van der Waals surface area contributed by atoms with Crippen LogP contribution in [0.4, 0.5) is 4.39 Å².